The topological polar surface area (TPSA) is 64.6 Å². The fourth-order valence-corrected chi connectivity index (χ4v) is 4.29. The molecule has 1 aliphatic heterocycles. The predicted molar refractivity (Wildman–Crippen MR) is 112 cm³/mol. The molecule has 29 heavy (non-hydrogen) atoms. The molecular weight excluding hydrogens is 366 g/mol. The first-order valence-electron chi connectivity index (χ1n) is 10.4. The van der Waals surface area contributed by atoms with Gasteiger partial charge >= 0.3 is 5.97 Å². The quantitative estimate of drug-likeness (QED) is 0.708. The fourth-order valence-electron chi connectivity index (χ4n) is 4.29. The van der Waals surface area contributed by atoms with Gasteiger partial charge in [0.1, 0.15) is 5.75 Å². The number of allylic oxidation sites excluding steroid dienone is 3. The Morgan fingerprint density at radius 3 is 2.62 bits per heavy atom. The molecule has 2 aliphatic rings. The zero-order valence-corrected chi connectivity index (χ0v) is 18.1. The summed E-state index contributed by atoms with van der Waals surface area (Å²) in [6.07, 6.45) is 2.09. The molecule has 1 N–H and O–H groups in total. The number of esters is 1. The van der Waals surface area contributed by atoms with E-state index in [4.69, 9.17) is 9.47 Å². The van der Waals surface area contributed by atoms with Crippen molar-refractivity contribution in [3.8, 4) is 5.75 Å². The van der Waals surface area contributed by atoms with Gasteiger partial charge in [0.2, 0.25) is 0 Å². The van der Waals surface area contributed by atoms with Crippen LogP contribution in [0.3, 0.4) is 0 Å². The van der Waals surface area contributed by atoms with Gasteiger partial charge in [-0.3, -0.25) is 4.79 Å². The Labute approximate surface area is 173 Å². The smallest absolute Gasteiger partial charge is 0.336 e. The normalized spacial score (nSPS) is 20.9. The van der Waals surface area contributed by atoms with Crippen LogP contribution in [-0.4, -0.2) is 25.0 Å². The van der Waals surface area contributed by atoms with E-state index in [-0.39, 0.29) is 17.8 Å². The number of benzene rings is 1. The van der Waals surface area contributed by atoms with E-state index in [2.05, 4.69) is 26.1 Å². The molecule has 0 spiro atoms. The number of carbonyl (C=O) groups excluding carboxylic acids is 2. The number of dihydropyridines is 1. The molecule has 3 rings (SSSR count). The first kappa shape index (κ1) is 21.2. The Bertz CT molecular complexity index is 879. The van der Waals surface area contributed by atoms with Gasteiger partial charge in [0.25, 0.3) is 0 Å². The Balaban J connectivity index is 2.19. The summed E-state index contributed by atoms with van der Waals surface area (Å²) in [5.41, 5.74) is 3.53. The minimum atomic E-state index is -0.484. The van der Waals surface area contributed by atoms with Crippen molar-refractivity contribution in [1.29, 1.82) is 0 Å². The molecule has 156 valence electrons. The van der Waals surface area contributed by atoms with Gasteiger partial charge < -0.3 is 14.8 Å². The van der Waals surface area contributed by atoms with Gasteiger partial charge in [0, 0.05) is 29.0 Å². The summed E-state index contributed by atoms with van der Waals surface area (Å²) in [5.74, 6) is -0.0902. The first-order chi connectivity index (χ1) is 13.8. The highest BCUT2D eigenvalue weighted by Crippen LogP contribution is 2.48. The molecule has 5 heteroatoms. The molecular formula is C24H31NO4. The molecule has 5 nitrogen and oxygen atoms in total. The average Bonchev–Trinajstić information content (AvgIpc) is 2.64. The van der Waals surface area contributed by atoms with E-state index in [1.165, 1.54) is 0 Å². The van der Waals surface area contributed by atoms with E-state index in [1.54, 1.807) is 6.92 Å². The Morgan fingerprint density at radius 2 is 1.93 bits per heavy atom. The minimum absolute atomic E-state index is 0.0772. The van der Waals surface area contributed by atoms with E-state index < -0.39 is 11.9 Å². The van der Waals surface area contributed by atoms with Crippen molar-refractivity contribution in [1.82, 2.24) is 5.32 Å². The molecule has 0 saturated carbocycles. The molecule has 1 atom stereocenters. The number of carbonyl (C=O) groups is 2. The average molecular weight is 398 g/mol. The number of ether oxygens (including phenoxy) is 2. The predicted octanol–water partition coefficient (Wildman–Crippen LogP) is 4.64. The van der Waals surface area contributed by atoms with Crippen LogP contribution in [0.25, 0.3) is 0 Å². The van der Waals surface area contributed by atoms with Crippen LogP contribution < -0.4 is 10.1 Å². The number of ketones is 1. The maximum absolute atomic E-state index is 13.3. The van der Waals surface area contributed by atoms with Crippen LogP contribution in [0, 0.1) is 5.41 Å². The lowest BCUT2D eigenvalue weighted by atomic mass is 9.68. The van der Waals surface area contributed by atoms with Crippen LogP contribution in [0.15, 0.2) is 46.8 Å². The van der Waals surface area contributed by atoms with Gasteiger partial charge in [-0.1, -0.05) is 39.0 Å². The second-order valence-electron chi connectivity index (χ2n) is 8.54. The number of rotatable bonds is 6. The summed E-state index contributed by atoms with van der Waals surface area (Å²) in [5, 5.41) is 3.35. The van der Waals surface area contributed by atoms with Gasteiger partial charge in [-0.15, -0.1) is 0 Å². The maximum atomic E-state index is 13.3. The van der Waals surface area contributed by atoms with E-state index >= 15 is 0 Å². The lowest BCUT2D eigenvalue weighted by molar-refractivity contribution is -0.138. The Morgan fingerprint density at radius 1 is 1.21 bits per heavy atom. The van der Waals surface area contributed by atoms with E-state index in [9.17, 15) is 9.59 Å². The molecule has 0 amide bonds. The third-order valence-corrected chi connectivity index (χ3v) is 5.43. The number of Topliss-reactive ketones (excluding diaryl/α,β-unsaturated/α-hetero) is 1. The number of hydrogen-bond acceptors (Lipinski definition) is 5. The van der Waals surface area contributed by atoms with Gasteiger partial charge in [0.15, 0.2) is 5.78 Å². The van der Waals surface area contributed by atoms with Crippen molar-refractivity contribution in [3.63, 3.8) is 0 Å². The zero-order valence-electron chi connectivity index (χ0n) is 18.1. The molecule has 1 aliphatic carbocycles. The number of para-hydroxylation sites is 1. The molecule has 1 aromatic rings. The van der Waals surface area contributed by atoms with Gasteiger partial charge in [-0.25, -0.2) is 4.79 Å². The number of hydrogen-bond donors (Lipinski definition) is 1. The largest absolute Gasteiger partial charge is 0.493 e. The van der Waals surface area contributed by atoms with Crippen LogP contribution in [-0.2, 0) is 14.3 Å². The molecule has 0 bridgehead atoms. The van der Waals surface area contributed by atoms with Crippen molar-refractivity contribution >= 4 is 11.8 Å². The number of nitrogens with one attached hydrogen (secondary N) is 1. The lowest BCUT2D eigenvalue weighted by Gasteiger charge is -2.39. The second-order valence-corrected chi connectivity index (χ2v) is 8.54. The van der Waals surface area contributed by atoms with Crippen molar-refractivity contribution < 1.29 is 19.1 Å². The summed E-state index contributed by atoms with van der Waals surface area (Å²) in [6.45, 7) is 10.8. The van der Waals surface area contributed by atoms with Crippen molar-refractivity contribution in [2.45, 2.75) is 59.8 Å². The molecule has 1 unspecified atom stereocenters. The summed E-state index contributed by atoms with van der Waals surface area (Å²) in [6, 6.07) is 7.69. The molecule has 1 aromatic carbocycles. The third kappa shape index (κ3) is 4.24. The molecule has 0 saturated heterocycles. The van der Waals surface area contributed by atoms with Crippen LogP contribution >= 0.6 is 0 Å². The minimum Gasteiger partial charge on any atom is -0.493 e. The molecule has 0 fully saturated rings. The second kappa shape index (κ2) is 8.44. The van der Waals surface area contributed by atoms with Crippen molar-refractivity contribution in [2.24, 2.45) is 5.41 Å². The Kier molecular flexibility index (Phi) is 6.15. The van der Waals surface area contributed by atoms with E-state index in [1.807, 2.05) is 31.2 Å². The van der Waals surface area contributed by atoms with E-state index in [0.717, 1.165) is 29.8 Å². The summed E-state index contributed by atoms with van der Waals surface area (Å²) < 4.78 is 11.4. The van der Waals surface area contributed by atoms with Gasteiger partial charge in [0.05, 0.1) is 24.7 Å². The van der Waals surface area contributed by atoms with Crippen LogP contribution in [0.2, 0.25) is 0 Å². The summed E-state index contributed by atoms with van der Waals surface area (Å²) in [7, 11) is 0. The zero-order chi connectivity index (χ0) is 21.2. The third-order valence-electron chi connectivity index (χ3n) is 5.43. The van der Waals surface area contributed by atoms with Crippen molar-refractivity contribution in [2.75, 3.05) is 13.2 Å². The standard InChI is InChI=1S/C24H31NO4/c1-6-12-29-19-11-9-8-10-16(19)21-20(23(27)28-7-2)15(3)25-17-13-24(4,5)14-18(26)22(17)21/h8-11,21,25H,6-7,12-14H2,1-5H3. The Hall–Kier alpha value is -2.56. The summed E-state index contributed by atoms with van der Waals surface area (Å²) in [4.78, 5) is 26.2. The SMILES string of the molecule is CCCOc1ccccc1C1C(C(=O)OCC)=C(C)NC2=C1C(=O)CC(C)(C)C2. The molecule has 0 aromatic heterocycles. The van der Waals surface area contributed by atoms with E-state index in [0.29, 0.717) is 29.9 Å². The van der Waals surface area contributed by atoms with Crippen LogP contribution in [0.4, 0.5) is 0 Å². The van der Waals surface area contributed by atoms with Gasteiger partial charge in [-0.05, 0) is 38.2 Å². The monoisotopic (exact) mass is 397 g/mol. The van der Waals surface area contributed by atoms with Crippen LogP contribution in [0.1, 0.15) is 65.4 Å². The molecule has 1 heterocycles. The highest BCUT2D eigenvalue weighted by Gasteiger charge is 2.43. The molecule has 0 radical (unpaired) electrons. The summed E-state index contributed by atoms with van der Waals surface area (Å²) >= 11 is 0. The fraction of sp³-hybridized carbons (Fsp3) is 0.500. The lowest BCUT2D eigenvalue weighted by Crippen LogP contribution is -2.38. The van der Waals surface area contributed by atoms with Crippen LogP contribution in [0.5, 0.6) is 5.75 Å². The highest BCUT2D eigenvalue weighted by atomic mass is 16.5. The maximum Gasteiger partial charge on any atom is 0.336 e. The van der Waals surface area contributed by atoms with Gasteiger partial charge in [-0.2, -0.15) is 0 Å². The highest BCUT2D eigenvalue weighted by molar-refractivity contribution is 6.04. The van der Waals surface area contributed by atoms with Crippen molar-refractivity contribution in [3.05, 3.63) is 52.4 Å². The first-order valence-corrected chi connectivity index (χ1v) is 10.4.